The van der Waals surface area contributed by atoms with Gasteiger partial charge in [-0.25, -0.2) is 19.7 Å². The van der Waals surface area contributed by atoms with Crippen LogP contribution in [0.1, 0.15) is 38.6 Å². The molecule has 1 aliphatic rings. The molecule has 134 valence electrons. The molecule has 0 spiro atoms. The molecule has 0 aliphatic heterocycles. The predicted molar refractivity (Wildman–Crippen MR) is 93.1 cm³/mol. The summed E-state index contributed by atoms with van der Waals surface area (Å²) in [6, 6.07) is -0.336. The van der Waals surface area contributed by atoms with Crippen LogP contribution in [0.3, 0.4) is 0 Å². The largest absolute Gasteiger partial charge is 0.480 e. The molecule has 1 saturated carbocycles. The number of carboxylic acid groups (broad SMARTS) is 1. The van der Waals surface area contributed by atoms with Crippen LogP contribution < -0.4 is 16.8 Å². The van der Waals surface area contributed by atoms with Gasteiger partial charge >= 0.3 is 5.97 Å². The molecule has 0 aromatic carbocycles. The van der Waals surface area contributed by atoms with Gasteiger partial charge in [0.1, 0.15) is 17.9 Å². The molecule has 1 fully saturated rings. The number of aromatic nitrogens is 4. The first-order chi connectivity index (χ1) is 12.0. The molecular formula is C15H22N8O2. The van der Waals surface area contributed by atoms with Gasteiger partial charge in [-0.15, -0.1) is 0 Å². The van der Waals surface area contributed by atoms with E-state index in [1.165, 1.54) is 17.2 Å². The first-order valence-corrected chi connectivity index (χ1v) is 8.21. The van der Waals surface area contributed by atoms with E-state index in [0.29, 0.717) is 17.0 Å². The molecule has 3 rings (SSSR count). The highest BCUT2D eigenvalue weighted by Crippen LogP contribution is 2.26. The minimum atomic E-state index is -0.939. The highest BCUT2D eigenvalue weighted by atomic mass is 16.4. The van der Waals surface area contributed by atoms with E-state index in [2.05, 4.69) is 25.3 Å². The van der Waals surface area contributed by atoms with E-state index in [-0.39, 0.29) is 18.0 Å². The maximum atomic E-state index is 11.2. The second-order valence-corrected chi connectivity index (χ2v) is 6.26. The topological polar surface area (TPSA) is 157 Å². The van der Waals surface area contributed by atoms with Crippen LogP contribution in [-0.2, 0) is 4.79 Å². The Bertz CT molecular complexity index is 790. The van der Waals surface area contributed by atoms with Gasteiger partial charge in [0.25, 0.3) is 0 Å². The van der Waals surface area contributed by atoms with E-state index in [0.717, 1.165) is 25.7 Å². The number of aliphatic imine (C=N–C) groups is 1. The number of nitrogens with two attached hydrogens (primary N) is 2. The van der Waals surface area contributed by atoms with Crippen molar-refractivity contribution >= 4 is 28.9 Å². The number of guanidine groups is 1. The number of hydrogen-bond acceptors (Lipinski definition) is 6. The Balaban J connectivity index is 1.75. The zero-order chi connectivity index (χ0) is 18.0. The number of aliphatic carboxylic acids is 1. The summed E-state index contributed by atoms with van der Waals surface area (Å²) in [5, 5.41) is 12.6. The molecule has 2 aromatic rings. The fourth-order valence-electron chi connectivity index (χ4n) is 3.11. The molecule has 1 unspecified atom stereocenters. The van der Waals surface area contributed by atoms with Crippen LogP contribution in [0.5, 0.6) is 0 Å². The Morgan fingerprint density at radius 1 is 1.32 bits per heavy atom. The van der Waals surface area contributed by atoms with E-state index in [1.807, 2.05) is 0 Å². The number of nitrogens with zero attached hydrogens (tertiary/aromatic N) is 5. The number of fused-ring (bicyclic) bond motifs is 1. The standard InChI is InChI=1S/C15H22N8O2/c1-8(14(24)25)23-7-20-11-12(18-6-19-13(11)23)21-9-2-4-10(5-3-9)22-15(16)17/h6-10H,2-5H2,1H3,(H,24,25)(H4,16,17,22)(H,18,19,21). The number of rotatable bonds is 5. The molecule has 0 bridgehead atoms. The van der Waals surface area contributed by atoms with Crippen LogP contribution in [0.25, 0.3) is 11.2 Å². The Morgan fingerprint density at radius 3 is 2.68 bits per heavy atom. The summed E-state index contributed by atoms with van der Waals surface area (Å²) >= 11 is 0. The van der Waals surface area contributed by atoms with Crippen molar-refractivity contribution in [2.24, 2.45) is 16.5 Å². The molecule has 10 heteroatoms. The van der Waals surface area contributed by atoms with Gasteiger partial charge < -0.3 is 26.5 Å². The quantitative estimate of drug-likeness (QED) is 0.449. The van der Waals surface area contributed by atoms with Crippen molar-refractivity contribution < 1.29 is 9.90 Å². The van der Waals surface area contributed by atoms with E-state index in [9.17, 15) is 9.90 Å². The Kier molecular flexibility index (Phi) is 4.68. The minimum absolute atomic E-state index is 0.131. The lowest BCUT2D eigenvalue weighted by Crippen LogP contribution is -2.31. The third-order valence-electron chi connectivity index (χ3n) is 4.50. The van der Waals surface area contributed by atoms with Crippen LogP contribution in [-0.4, -0.2) is 48.6 Å². The number of nitrogens with one attached hydrogen (secondary N) is 1. The molecule has 1 aliphatic carbocycles. The van der Waals surface area contributed by atoms with Gasteiger partial charge in [0.15, 0.2) is 17.4 Å². The van der Waals surface area contributed by atoms with Crippen molar-refractivity contribution in [2.75, 3.05) is 5.32 Å². The third kappa shape index (κ3) is 3.62. The average molecular weight is 346 g/mol. The predicted octanol–water partition coefficient (Wildman–Crippen LogP) is 0.468. The van der Waals surface area contributed by atoms with Gasteiger partial charge in [-0.2, -0.15) is 0 Å². The van der Waals surface area contributed by atoms with Gasteiger partial charge in [0.2, 0.25) is 0 Å². The summed E-state index contributed by atoms with van der Waals surface area (Å²) < 4.78 is 1.53. The summed E-state index contributed by atoms with van der Waals surface area (Å²) in [7, 11) is 0. The lowest BCUT2D eigenvalue weighted by atomic mass is 9.91. The monoisotopic (exact) mass is 346 g/mol. The van der Waals surface area contributed by atoms with E-state index < -0.39 is 12.0 Å². The van der Waals surface area contributed by atoms with E-state index in [1.54, 1.807) is 6.92 Å². The molecular weight excluding hydrogens is 324 g/mol. The molecule has 1 atom stereocenters. The highest BCUT2D eigenvalue weighted by molar-refractivity contribution is 5.84. The number of hydrogen-bond donors (Lipinski definition) is 4. The lowest BCUT2D eigenvalue weighted by Gasteiger charge is -2.27. The zero-order valence-corrected chi connectivity index (χ0v) is 14.0. The Morgan fingerprint density at radius 2 is 2.04 bits per heavy atom. The molecule has 0 amide bonds. The molecule has 0 saturated heterocycles. The maximum Gasteiger partial charge on any atom is 0.326 e. The molecule has 2 aromatic heterocycles. The van der Waals surface area contributed by atoms with Crippen molar-refractivity contribution in [1.82, 2.24) is 19.5 Å². The van der Waals surface area contributed by atoms with Crippen LogP contribution >= 0.6 is 0 Å². The van der Waals surface area contributed by atoms with Crippen LogP contribution in [0.15, 0.2) is 17.6 Å². The van der Waals surface area contributed by atoms with Crippen molar-refractivity contribution in [1.29, 1.82) is 0 Å². The van der Waals surface area contributed by atoms with Crippen LogP contribution in [0.4, 0.5) is 5.82 Å². The van der Waals surface area contributed by atoms with Gasteiger partial charge in [-0.05, 0) is 32.6 Å². The first-order valence-electron chi connectivity index (χ1n) is 8.21. The summed E-state index contributed by atoms with van der Waals surface area (Å²) in [5.74, 6) is -0.191. The molecule has 25 heavy (non-hydrogen) atoms. The molecule has 6 N–H and O–H groups in total. The summed E-state index contributed by atoms with van der Waals surface area (Å²) in [5.41, 5.74) is 11.9. The third-order valence-corrected chi connectivity index (χ3v) is 4.50. The number of carboxylic acids is 1. The van der Waals surface area contributed by atoms with Crippen LogP contribution in [0.2, 0.25) is 0 Å². The van der Waals surface area contributed by atoms with E-state index >= 15 is 0 Å². The number of carbonyl (C=O) groups is 1. The highest BCUT2D eigenvalue weighted by Gasteiger charge is 2.23. The van der Waals surface area contributed by atoms with Crippen molar-refractivity contribution in [3.05, 3.63) is 12.7 Å². The summed E-state index contributed by atoms with van der Waals surface area (Å²) in [4.78, 5) is 28.2. The second kappa shape index (κ2) is 6.91. The molecule has 0 radical (unpaired) electrons. The Hall–Kier alpha value is -2.91. The second-order valence-electron chi connectivity index (χ2n) is 6.26. The molecule has 2 heterocycles. The average Bonchev–Trinajstić information content (AvgIpc) is 3.00. The van der Waals surface area contributed by atoms with Crippen molar-refractivity contribution in [3.8, 4) is 0 Å². The van der Waals surface area contributed by atoms with Gasteiger partial charge in [0.05, 0.1) is 12.4 Å². The maximum absolute atomic E-state index is 11.2. The molecule has 10 nitrogen and oxygen atoms in total. The van der Waals surface area contributed by atoms with Crippen molar-refractivity contribution in [2.45, 2.75) is 50.7 Å². The lowest BCUT2D eigenvalue weighted by molar-refractivity contribution is -0.140. The van der Waals surface area contributed by atoms with E-state index in [4.69, 9.17) is 11.5 Å². The number of anilines is 1. The van der Waals surface area contributed by atoms with Gasteiger partial charge in [-0.3, -0.25) is 4.99 Å². The zero-order valence-electron chi connectivity index (χ0n) is 14.0. The Labute approximate surface area is 144 Å². The summed E-state index contributed by atoms with van der Waals surface area (Å²) in [6.45, 7) is 1.59. The van der Waals surface area contributed by atoms with Crippen molar-refractivity contribution in [3.63, 3.8) is 0 Å². The minimum Gasteiger partial charge on any atom is -0.480 e. The van der Waals surface area contributed by atoms with Crippen LogP contribution in [0, 0.1) is 0 Å². The van der Waals surface area contributed by atoms with Gasteiger partial charge in [0, 0.05) is 6.04 Å². The number of imidazole rings is 1. The SMILES string of the molecule is CC(C(=O)O)n1cnc2c(NC3CCC(N=C(N)N)CC3)ncnc21. The van der Waals surface area contributed by atoms with Gasteiger partial charge in [-0.1, -0.05) is 0 Å². The fourth-order valence-corrected chi connectivity index (χ4v) is 3.11. The summed E-state index contributed by atoms with van der Waals surface area (Å²) in [6.07, 6.45) is 6.53. The smallest absolute Gasteiger partial charge is 0.326 e. The normalized spacial score (nSPS) is 21.6. The fraction of sp³-hybridized carbons (Fsp3) is 0.533. The first kappa shape index (κ1) is 16.9.